The number of benzene rings is 1. The van der Waals surface area contributed by atoms with Crippen LogP contribution in [0.3, 0.4) is 0 Å². The van der Waals surface area contributed by atoms with Crippen LogP contribution in [0.5, 0.6) is 11.5 Å². The zero-order valence-corrected chi connectivity index (χ0v) is 13.4. The van der Waals surface area contributed by atoms with Crippen LogP contribution in [0.2, 0.25) is 0 Å². The van der Waals surface area contributed by atoms with Gasteiger partial charge in [0.25, 0.3) is 0 Å². The van der Waals surface area contributed by atoms with Gasteiger partial charge in [0, 0.05) is 18.0 Å². The Kier molecular flexibility index (Phi) is 3.98. The van der Waals surface area contributed by atoms with Crippen molar-refractivity contribution in [1.29, 1.82) is 0 Å². The van der Waals surface area contributed by atoms with Crippen LogP contribution in [-0.4, -0.2) is 30.6 Å². The number of nitrogens with zero attached hydrogens (tertiary/aromatic N) is 1. The van der Waals surface area contributed by atoms with E-state index in [0.717, 1.165) is 55.7 Å². The number of carbonyl (C=O) groups is 1. The number of amides is 1. The van der Waals surface area contributed by atoms with Crippen molar-refractivity contribution < 1.29 is 14.3 Å². The van der Waals surface area contributed by atoms with Crippen molar-refractivity contribution in [2.75, 3.05) is 19.8 Å². The van der Waals surface area contributed by atoms with Gasteiger partial charge in [-0.3, -0.25) is 4.79 Å². The first-order chi connectivity index (χ1) is 11.3. The molecule has 122 valence electrons. The maximum Gasteiger partial charge on any atom is 0.226 e. The highest BCUT2D eigenvalue weighted by Crippen LogP contribution is 2.43. The van der Waals surface area contributed by atoms with Gasteiger partial charge < -0.3 is 14.4 Å². The first kappa shape index (κ1) is 14.6. The lowest BCUT2D eigenvalue weighted by atomic mass is 9.92. The Labute approximate surface area is 137 Å². The third kappa shape index (κ3) is 2.71. The molecule has 0 radical (unpaired) electrons. The van der Waals surface area contributed by atoms with E-state index in [4.69, 9.17) is 9.47 Å². The molecule has 4 heteroatoms. The third-order valence-electron chi connectivity index (χ3n) is 5.11. The summed E-state index contributed by atoms with van der Waals surface area (Å²) >= 11 is 0. The van der Waals surface area contributed by atoms with Crippen molar-refractivity contribution in [3.05, 3.63) is 35.9 Å². The van der Waals surface area contributed by atoms with Gasteiger partial charge in [-0.25, -0.2) is 0 Å². The molecule has 4 nitrogen and oxygen atoms in total. The quantitative estimate of drug-likeness (QED) is 0.785. The molecule has 0 bridgehead atoms. The Morgan fingerprint density at radius 1 is 1.13 bits per heavy atom. The van der Waals surface area contributed by atoms with E-state index in [0.29, 0.717) is 19.1 Å². The summed E-state index contributed by atoms with van der Waals surface area (Å²) in [6, 6.07) is 6.17. The van der Waals surface area contributed by atoms with Gasteiger partial charge in [0.1, 0.15) is 13.2 Å². The van der Waals surface area contributed by atoms with E-state index < -0.39 is 0 Å². The van der Waals surface area contributed by atoms with E-state index in [1.807, 2.05) is 12.1 Å². The molecule has 2 atom stereocenters. The monoisotopic (exact) mass is 313 g/mol. The molecular formula is C19H23NO3. The molecule has 1 saturated heterocycles. The van der Waals surface area contributed by atoms with Crippen LogP contribution in [0.25, 0.3) is 0 Å². The SMILES string of the molecule is O=C(C1CC=CCC1)N1CCCC1c1cccc2c1OCCO2. The van der Waals surface area contributed by atoms with Crippen molar-refractivity contribution in [3.8, 4) is 11.5 Å². The van der Waals surface area contributed by atoms with Crippen LogP contribution in [0.4, 0.5) is 0 Å². The molecule has 4 rings (SSSR count). The number of hydrogen-bond acceptors (Lipinski definition) is 3. The minimum Gasteiger partial charge on any atom is -0.486 e. The summed E-state index contributed by atoms with van der Waals surface area (Å²) in [4.78, 5) is 15.1. The predicted octanol–water partition coefficient (Wildman–Crippen LogP) is 3.48. The lowest BCUT2D eigenvalue weighted by Gasteiger charge is -2.31. The van der Waals surface area contributed by atoms with E-state index >= 15 is 0 Å². The summed E-state index contributed by atoms with van der Waals surface area (Å²) < 4.78 is 11.6. The third-order valence-corrected chi connectivity index (χ3v) is 5.11. The largest absolute Gasteiger partial charge is 0.486 e. The van der Waals surface area contributed by atoms with Crippen LogP contribution in [0.15, 0.2) is 30.4 Å². The lowest BCUT2D eigenvalue weighted by molar-refractivity contribution is -0.136. The first-order valence-electron chi connectivity index (χ1n) is 8.68. The van der Waals surface area contributed by atoms with E-state index in [9.17, 15) is 4.79 Å². The van der Waals surface area contributed by atoms with Gasteiger partial charge in [-0.05, 0) is 38.2 Å². The molecule has 0 N–H and O–H groups in total. The summed E-state index contributed by atoms with van der Waals surface area (Å²) in [7, 11) is 0. The Balaban J connectivity index is 1.61. The number of allylic oxidation sites excluding steroid dienone is 2. The molecule has 1 fully saturated rings. The fourth-order valence-electron chi connectivity index (χ4n) is 3.96. The highest BCUT2D eigenvalue weighted by atomic mass is 16.6. The number of carbonyl (C=O) groups excluding carboxylic acids is 1. The molecule has 2 heterocycles. The number of para-hydroxylation sites is 1. The minimum atomic E-state index is 0.130. The number of rotatable bonds is 2. The molecule has 23 heavy (non-hydrogen) atoms. The van der Waals surface area contributed by atoms with Crippen molar-refractivity contribution in [2.45, 2.75) is 38.1 Å². The van der Waals surface area contributed by atoms with Gasteiger partial charge in [-0.15, -0.1) is 0 Å². The van der Waals surface area contributed by atoms with Crippen LogP contribution >= 0.6 is 0 Å². The van der Waals surface area contributed by atoms with Crippen LogP contribution in [0, 0.1) is 5.92 Å². The second-order valence-electron chi connectivity index (χ2n) is 6.54. The average molecular weight is 313 g/mol. The first-order valence-corrected chi connectivity index (χ1v) is 8.68. The van der Waals surface area contributed by atoms with Gasteiger partial charge in [-0.2, -0.15) is 0 Å². The van der Waals surface area contributed by atoms with Gasteiger partial charge in [0.2, 0.25) is 5.91 Å². The van der Waals surface area contributed by atoms with Crippen molar-refractivity contribution in [2.24, 2.45) is 5.92 Å². The summed E-state index contributed by atoms with van der Waals surface area (Å²) in [6.45, 7) is 2.03. The van der Waals surface area contributed by atoms with E-state index in [-0.39, 0.29) is 12.0 Å². The number of ether oxygens (including phenoxy) is 2. The highest BCUT2D eigenvalue weighted by molar-refractivity contribution is 5.80. The molecule has 2 unspecified atom stereocenters. The predicted molar refractivity (Wildman–Crippen MR) is 87.6 cm³/mol. The summed E-state index contributed by atoms with van der Waals surface area (Å²) in [5.41, 5.74) is 1.11. The molecule has 1 aromatic rings. The summed E-state index contributed by atoms with van der Waals surface area (Å²) in [5.74, 6) is 2.11. The Hall–Kier alpha value is -1.97. The molecular weight excluding hydrogens is 290 g/mol. The molecule has 1 aliphatic carbocycles. The smallest absolute Gasteiger partial charge is 0.226 e. The van der Waals surface area contributed by atoms with Crippen molar-refractivity contribution in [1.82, 2.24) is 4.90 Å². The Morgan fingerprint density at radius 3 is 2.91 bits per heavy atom. The summed E-state index contributed by atoms with van der Waals surface area (Å²) in [5, 5.41) is 0. The number of hydrogen-bond donors (Lipinski definition) is 0. The van der Waals surface area contributed by atoms with Crippen molar-refractivity contribution >= 4 is 5.91 Å². The van der Waals surface area contributed by atoms with Crippen LogP contribution < -0.4 is 9.47 Å². The highest BCUT2D eigenvalue weighted by Gasteiger charge is 2.36. The fraction of sp³-hybridized carbons (Fsp3) is 0.526. The average Bonchev–Trinajstić information content (AvgIpc) is 3.11. The zero-order chi connectivity index (χ0) is 15.6. The molecule has 1 amide bonds. The number of likely N-dealkylation sites (tertiary alicyclic amines) is 1. The zero-order valence-electron chi connectivity index (χ0n) is 13.4. The lowest BCUT2D eigenvalue weighted by Crippen LogP contribution is -2.36. The van der Waals surface area contributed by atoms with E-state index in [1.165, 1.54) is 0 Å². The fourth-order valence-corrected chi connectivity index (χ4v) is 3.96. The number of fused-ring (bicyclic) bond motifs is 1. The van der Waals surface area contributed by atoms with Crippen LogP contribution in [0.1, 0.15) is 43.7 Å². The van der Waals surface area contributed by atoms with Gasteiger partial charge in [-0.1, -0.05) is 24.3 Å². The maximum atomic E-state index is 13.0. The second kappa shape index (κ2) is 6.26. The second-order valence-corrected chi connectivity index (χ2v) is 6.54. The minimum absolute atomic E-state index is 0.130. The van der Waals surface area contributed by atoms with E-state index in [1.54, 1.807) is 0 Å². The molecule has 0 saturated carbocycles. The van der Waals surface area contributed by atoms with Gasteiger partial charge in [0.05, 0.1) is 6.04 Å². The molecule has 3 aliphatic rings. The van der Waals surface area contributed by atoms with Gasteiger partial charge >= 0.3 is 0 Å². The Morgan fingerprint density at radius 2 is 2.04 bits per heavy atom. The topological polar surface area (TPSA) is 38.8 Å². The van der Waals surface area contributed by atoms with Crippen LogP contribution in [-0.2, 0) is 4.79 Å². The van der Waals surface area contributed by atoms with E-state index in [2.05, 4.69) is 23.1 Å². The maximum absolute atomic E-state index is 13.0. The normalized spacial score (nSPS) is 26.3. The Bertz CT molecular complexity index is 625. The van der Waals surface area contributed by atoms with Crippen molar-refractivity contribution in [3.63, 3.8) is 0 Å². The molecule has 2 aliphatic heterocycles. The molecule has 0 aromatic heterocycles. The summed E-state index contributed by atoms with van der Waals surface area (Å²) in [6.07, 6.45) is 9.28. The molecule has 1 aromatic carbocycles. The molecule has 0 spiro atoms. The van der Waals surface area contributed by atoms with Gasteiger partial charge in [0.15, 0.2) is 11.5 Å². The standard InChI is InChI=1S/C19H23NO3/c21-19(14-6-2-1-3-7-14)20-11-5-9-16(20)15-8-4-10-17-18(15)23-13-12-22-17/h1-2,4,8,10,14,16H,3,5-7,9,11-13H2.